The minimum Gasteiger partial charge on any atom is -0.480 e. The lowest BCUT2D eigenvalue weighted by atomic mass is 10.2. The number of ether oxygens (including phenoxy) is 6. The maximum Gasteiger partial charge on any atom is 0.411 e. The Bertz CT molecular complexity index is 1010. The standard InChI is InChI=1S/C10H17NO5.C10H19NO4.C10H17NO4.H2S/c1-10(2,3)16-9(14)11-4-5-15-6-7(11)8(12)13;2*1-10(2,3)15-9(13)11-4-5-14-7-8(11)6-12;/h7H,4-6H2,1-3H3,(H,12,13);8,12H,4-7H2,1-3H3;6,8H,4-5,7H2,1-3H3;1H2/t7-;2*8-;/m100./s1. The third-order valence-electron chi connectivity index (χ3n) is 6.06. The number of carbonyl (C=O) groups is 5. The molecule has 0 aliphatic carbocycles. The molecule has 17 heteroatoms. The number of nitrogens with zero attached hydrogens (tertiary/aromatic N) is 3. The van der Waals surface area contributed by atoms with Crippen LogP contribution in [-0.4, -0.2) is 156 Å². The zero-order valence-electron chi connectivity index (χ0n) is 29.1. The summed E-state index contributed by atoms with van der Waals surface area (Å²) in [5, 5.41) is 18.0. The van der Waals surface area contributed by atoms with Crippen LogP contribution in [0.15, 0.2) is 0 Å². The maximum atomic E-state index is 11.7. The van der Waals surface area contributed by atoms with E-state index in [1.807, 2.05) is 20.8 Å². The third-order valence-corrected chi connectivity index (χ3v) is 6.06. The molecule has 3 heterocycles. The normalized spacial score (nSPS) is 21.7. The number of hydrogen-bond donors (Lipinski definition) is 2. The number of carboxylic acid groups (broad SMARTS) is 1. The summed E-state index contributed by atoms with van der Waals surface area (Å²) < 4.78 is 30.8. The minimum atomic E-state index is -1.08. The second-order valence-corrected chi connectivity index (χ2v) is 13.6. The summed E-state index contributed by atoms with van der Waals surface area (Å²) in [6.07, 6.45) is -0.737. The molecule has 274 valence electrons. The van der Waals surface area contributed by atoms with Crippen LogP contribution in [0.3, 0.4) is 0 Å². The summed E-state index contributed by atoms with van der Waals surface area (Å²) in [7, 11) is 0. The fourth-order valence-corrected chi connectivity index (χ4v) is 4.00. The molecule has 0 aromatic rings. The van der Waals surface area contributed by atoms with Crippen molar-refractivity contribution in [3.05, 3.63) is 0 Å². The van der Waals surface area contributed by atoms with Crippen LogP contribution in [0.25, 0.3) is 0 Å². The number of aldehydes is 1. The average molecular weight is 698 g/mol. The Morgan fingerprint density at radius 2 is 1.06 bits per heavy atom. The first-order valence-corrected chi connectivity index (χ1v) is 15.2. The van der Waals surface area contributed by atoms with Crippen molar-refractivity contribution in [2.75, 3.05) is 65.9 Å². The molecule has 3 aliphatic rings. The van der Waals surface area contributed by atoms with Crippen molar-refractivity contribution < 1.29 is 62.6 Å². The van der Waals surface area contributed by atoms with E-state index >= 15 is 0 Å². The summed E-state index contributed by atoms with van der Waals surface area (Å²) in [6, 6.07) is -1.76. The zero-order valence-corrected chi connectivity index (χ0v) is 30.1. The quantitative estimate of drug-likeness (QED) is 0.323. The van der Waals surface area contributed by atoms with Gasteiger partial charge < -0.3 is 43.4 Å². The van der Waals surface area contributed by atoms with Gasteiger partial charge in [-0.25, -0.2) is 19.2 Å². The molecule has 0 radical (unpaired) electrons. The van der Waals surface area contributed by atoms with Crippen molar-refractivity contribution in [2.45, 2.75) is 97.2 Å². The van der Waals surface area contributed by atoms with Crippen LogP contribution < -0.4 is 0 Å². The number of carbonyl (C=O) groups excluding carboxylic acids is 4. The number of hydrogen-bond acceptors (Lipinski definition) is 12. The first-order chi connectivity index (χ1) is 21.2. The fraction of sp³-hybridized carbons (Fsp3) is 0.833. The van der Waals surface area contributed by atoms with Gasteiger partial charge in [0.15, 0.2) is 6.04 Å². The lowest BCUT2D eigenvalue weighted by Gasteiger charge is -2.35. The fourth-order valence-electron chi connectivity index (χ4n) is 4.00. The molecule has 3 rings (SSSR count). The molecule has 0 spiro atoms. The summed E-state index contributed by atoms with van der Waals surface area (Å²) in [6.45, 7) is 19.0. The summed E-state index contributed by atoms with van der Waals surface area (Å²) in [4.78, 5) is 60.8. The van der Waals surface area contributed by atoms with Crippen LogP contribution in [-0.2, 0) is 38.0 Å². The molecule has 0 unspecified atom stereocenters. The molecule has 0 saturated carbocycles. The molecule has 3 fully saturated rings. The number of aliphatic carboxylic acids is 1. The van der Waals surface area contributed by atoms with Gasteiger partial charge in [0, 0.05) is 19.6 Å². The second kappa shape index (κ2) is 19.8. The van der Waals surface area contributed by atoms with E-state index in [0.717, 1.165) is 0 Å². The molecule has 0 bridgehead atoms. The highest BCUT2D eigenvalue weighted by Crippen LogP contribution is 2.16. The molecule has 47 heavy (non-hydrogen) atoms. The van der Waals surface area contributed by atoms with E-state index in [0.29, 0.717) is 45.8 Å². The number of aliphatic hydroxyl groups is 1. The van der Waals surface area contributed by atoms with E-state index in [1.54, 1.807) is 41.5 Å². The van der Waals surface area contributed by atoms with Gasteiger partial charge in [-0.15, -0.1) is 0 Å². The molecular formula is C30H55N3O13S. The Kier molecular flexibility index (Phi) is 18.6. The molecular weight excluding hydrogens is 642 g/mol. The number of aliphatic hydroxyl groups excluding tert-OH is 1. The largest absolute Gasteiger partial charge is 0.480 e. The Morgan fingerprint density at radius 1 is 0.681 bits per heavy atom. The average Bonchev–Trinajstić information content (AvgIpc) is 2.95. The highest BCUT2D eigenvalue weighted by molar-refractivity contribution is 7.59. The molecule has 3 atom stereocenters. The third kappa shape index (κ3) is 17.2. The van der Waals surface area contributed by atoms with Crippen molar-refractivity contribution in [1.82, 2.24) is 14.7 Å². The van der Waals surface area contributed by atoms with E-state index < -0.39 is 47.0 Å². The van der Waals surface area contributed by atoms with Gasteiger partial charge in [0.1, 0.15) is 29.1 Å². The van der Waals surface area contributed by atoms with Gasteiger partial charge in [-0.1, -0.05) is 0 Å². The second-order valence-electron chi connectivity index (χ2n) is 13.6. The van der Waals surface area contributed by atoms with E-state index in [4.69, 9.17) is 38.6 Å². The summed E-state index contributed by atoms with van der Waals surface area (Å²) >= 11 is 0. The van der Waals surface area contributed by atoms with Crippen LogP contribution in [0.5, 0.6) is 0 Å². The molecule has 0 aromatic carbocycles. The van der Waals surface area contributed by atoms with Gasteiger partial charge in [0.2, 0.25) is 0 Å². The SMILES string of the molecule is CC(C)(C)OC(=O)N1CCOC[C@@H]1C(=O)O.CC(C)(C)OC(=O)N1CCOC[C@@H]1C=O.CC(C)(C)OC(=O)N1CCOC[C@@H]1CO.S. The number of amides is 3. The number of carboxylic acids is 1. The van der Waals surface area contributed by atoms with E-state index in [1.165, 1.54) is 14.7 Å². The Hall–Kier alpha value is -2.86. The highest BCUT2D eigenvalue weighted by atomic mass is 32.1. The molecule has 3 saturated heterocycles. The van der Waals surface area contributed by atoms with Crippen LogP contribution in [0.4, 0.5) is 14.4 Å². The topological polar surface area (TPSA) is 191 Å². The van der Waals surface area contributed by atoms with Crippen molar-refractivity contribution in [1.29, 1.82) is 0 Å². The smallest absolute Gasteiger partial charge is 0.411 e. The van der Waals surface area contributed by atoms with E-state index in [9.17, 15) is 24.0 Å². The molecule has 0 aromatic heterocycles. The molecule has 16 nitrogen and oxygen atoms in total. The molecule has 3 amide bonds. The minimum absolute atomic E-state index is 0. The predicted molar refractivity (Wildman–Crippen MR) is 174 cm³/mol. The van der Waals surface area contributed by atoms with E-state index in [-0.39, 0.29) is 52.0 Å². The molecule has 2 N–H and O–H groups in total. The summed E-state index contributed by atoms with van der Waals surface area (Å²) in [5.74, 6) is -1.08. The van der Waals surface area contributed by atoms with Crippen LogP contribution >= 0.6 is 13.5 Å². The number of rotatable bonds is 3. The van der Waals surface area contributed by atoms with Crippen molar-refractivity contribution in [2.24, 2.45) is 0 Å². The Balaban J connectivity index is 0.000000669. The van der Waals surface area contributed by atoms with Gasteiger partial charge in [-0.3, -0.25) is 14.7 Å². The van der Waals surface area contributed by atoms with Crippen molar-refractivity contribution in [3.8, 4) is 0 Å². The number of morpholine rings is 3. The van der Waals surface area contributed by atoms with E-state index in [2.05, 4.69) is 0 Å². The monoisotopic (exact) mass is 697 g/mol. The van der Waals surface area contributed by atoms with Crippen LogP contribution in [0.2, 0.25) is 0 Å². The molecule has 3 aliphatic heterocycles. The first-order valence-electron chi connectivity index (χ1n) is 15.2. The van der Waals surface area contributed by atoms with Gasteiger partial charge in [-0.2, -0.15) is 13.5 Å². The summed E-state index contributed by atoms with van der Waals surface area (Å²) in [5.41, 5.74) is -1.67. The zero-order chi connectivity index (χ0) is 35.3. The van der Waals surface area contributed by atoms with Crippen molar-refractivity contribution in [3.63, 3.8) is 0 Å². The maximum absolute atomic E-state index is 11.7. The highest BCUT2D eigenvalue weighted by Gasteiger charge is 2.35. The van der Waals surface area contributed by atoms with Crippen LogP contribution in [0.1, 0.15) is 62.3 Å². The lowest BCUT2D eigenvalue weighted by Crippen LogP contribution is -2.53. The van der Waals surface area contributed by atoms with Crippen molar-refractivity contribution >= 4 is 44.0 Å². The Morgan fingerprint density at radius 3 is 1.49 bits per heavy atom. The van der Waals surface area contributed by atoms with Gasteiger partial charge in [-0.05, 0) is 62.3 Å². The predicted octanol–water partition coefficient (Wildman–Crippen LogP) is 2.26. The van der Waals surface area contributed by atoms with Gasteiger partial charge in [0.25, 0.3) is 0 Å². The Labute approximate surface area is 284 Å². The lowest BCUT2D eigenvalue weighted by molar-refractivity contribution is -0.149. The van der Waals surface area contributed by atoms with Crippen LogP contribution in [0, 0.1) is 0 Å². The first kappa shape index (κ1) is 44.1. The van der Waals surface area contributed by atoms with Gasteiger partial charge in [0.05, 0.1) is 52.3 Å². The van der Waals surface area contributed by atoms with Gasteiger partial charge >= 0.3 is 24.2 Å².